The number of aromatic hydroxyl groups is 18. The van der Waals surface area contributed by atoms with Crippen molar-refractivity contribution in [1.82, 2.24) is 0 Å². The van der Waals surface area contributed by atoms with Crippen LogP contribution in [0.5, 0.6) is 149 Å². The Morgan fingerprint density at radius 3 is 0.520 bits per heavy atom. The SMILES string of the molecule is O=C(Oc1cc2ccccc2cc1OC(=O)c1cc(OC(=O)c2cc(O)c(O)c(O)c2)c(OC(=O)c2cc(O)c(O)c(O)c2)c(OC(=O)c2cc(O)c(O)c(O)c2)c1)c1cc(OC(=O)c2cc(O)c(O)c(O)c2)c(OC(=O)c2cc(O)c(O)c(O)c2)c(OC(=O)c2cc(O)c(O)c(O)c2)c1. The molecule has 508 valence electrons. The van der Waals surface area contributed by atoms with Gasteiger partial charge >= 0.3 is 47.8 Å². The smallest absolute Gasteiger partial charge is 0.344 e. The Morgan fingerprint density at radius 2 is 0.340 bits per heavy atom. The summed E-state index contributed by atoms with van der Waals surface area (Å²) in [6.07, 6.45) is 0. The Labute approximate surface area is 552 Å². The molecule has 0 radical (unpaired) electrons. The maximum atomic E-state index is 14.8. The van der Waals surface area contributed by atoms with Gasteiger partial charge in [0.05, 0.1) is 44.5 Å². The molecule has 100 heavy (non-hydrogen) atoms. The first-order chi connectivity index (χ1) is 47.2. The average molecular weight is 1380 g/mol. The number of phenolic OH excluding ortho intramolecular Hbond substituents is 18. The number of phenols is 18. The third-order valence-corrected chi connectivity index (χ3v) is 13.8. The molecular weight excluding hydrogens is 1340 g/mol. The average Bonchev–Trinajstić information content (AvgIpc) is 0.664. The maximum Gasteiger partial charge on any atom is 0.344 e. The summed E-state index contributed by atoms with van der Waals surface area (Å²) in [5, 5.41) is 184. The molecule has 10 aromatic carbocycles. The fraction of sp³-hybridized carbons (Fsp3) is 0. The van der Waals surface area contributed by atoms with Crippen molar-refractivity contribution >= 4 is 58.5 Å². The monoisotopic (exact) mass is 1380 g/mol. The lowest BCUT2D eigenvalue weighted by Crippen LogP contribution is -2.18. The Kier molecular flexibility index (Phi) is 17.9. The number of hydrogen-bond donors (Lipinski definition) is 18. The molecule has 18 N–H and O–H groups in total. The van der Waals surface area contributed by atoms with Gasteiger partial charge in [0.25, 0.3) is 0 Å². The van der Waals surface area contributed by atoms with Gasteiger partial charge in [-0.2, -0.15) is 0 Å². The molecule has 0 saturated carbocycles. The largest absolute Gasteiger partial charge is 0.504 e. The van der Waals surface area contributed by atoms with Gasteiger partial charge in [-0.1, -0.05) is 24.3 Å². The number of esters is 8. The van der Waals surface area contributed by atoms with Crippen LogP contribution in [0.4, 0.5) is 0 Å². The van der Waals surface area contributed by atoms with Gasteiger partial charge in [0.15, 0.2) is 138 Å². The van der Waals surface area contributed by atoms with Crippen molar-refractivity contribution in [2.24, 2.45) is 0 Å². The van der Waals surface area contributed by atoms with E-state index in [1.807, 2.05) is 0 Å². The van der Waals surface area contributed by atoms with Gasteiger partial charge in [0.1, 0.15) is 0 Å². The Morgan fingerprint density at radius 1 is 0.190 bits per heavy atom. The maximum absolute atomic E-state index is 14.8. The summed E-state index contributed by atoms with van der Waals surface area (Å²) >= 11 is 0. The fourth-order valence-electron chi connectivity index (χ4n) is 8.84. The van der Waals surface area contributed by atoms with Crippen LogP contribution in [0.2, 0.25) is 0 Å². The molecule has 0 saturated heterocycles. The summed E-state index contributed by atoms with van der Waals surface area (Å²) in [6.45, 7) is 0. The summed E-state index contributed by atoms with van der Waals surface area (Å²) in [4.78, 5) is 113. The van der Waals surface area contributed by atoms with Crippen LogP contribution in [0.3, 0.4) is 0 Å². The minimum Gasteiger partial charge on any atom is -0.504 e. The molecule has 34 heteroatoms. The molecule has 0 heterocycles. The van der Waals surface area contributed by atoms with Crippen molar-refractivity contribution in [3.8, 4) is 149 Å². The zero-order chi connectivity index (χ0) is 72.6. The quantitative estimate of drug-likeness (QED) is 0.0256. The molecule has 0 aliphatic rings. The second kappa shape index (κ2) is 26.6. The van der Waals surface area contributed by atoms with Crippen molar-refractivity contribution in [2.45, 2.75) is 0 Å². The third-order valence-electron chi connectivity index (χ3n) is 13.8. The van der Waals surface area contributed by atoms with Gasteiger partial charge in [-0.25, -0.2) is 38.4 Å². The van der Waals surface area contributed by atoms with Gasteiger partial charge in [0, 0.05) is 0 Å². The molecule has 0 aliphatic carbocycles. The predicted octanol–water partition coefficient (Wildman–Crippen LogP) is 7.29. The summed E-state index contributed by atoms with van der Waals surface area (Å²) in [5.41, 5.74) is -6.70. The highest BCUT2D eigenvalue weighted by Crippen LogP contribution is 2.48. The van der Waals surface area contributed by atoms with Gasteiger partial charge in [0.2, 0.25) is 11.5 Å². The molecule has 34 nitrogen and oxygen atoms in total. The van der Waals surface area contributed by atoms with Crippen LogP contribution < -0.4 is 37.9 Å². The molecule has 0 fully saturated rings. The second-order valence-electron chi connectivity index (χ2n) is 20.5. The van der Waals surface area contributed by atoms with E-state index in [0.29, 0.717) is 97.1 Å². The van der Waals surface area contributed by atoms with Gasteiger partial charge in [-0.15, -0.1) is 0 Å². The normalized spacial score (nSPS) is 10.8. The van der Waals surface area contributed by atoms with Crippen LogP contribution in [-0.4, -0.2) is 140 Å². The standard InChI is InChI=1S/C66H40O34/c67-33-5-25(6-34(68)51(33)79)59(85)95-47-19-31(20-48(96-60(86)26-7-35(69)52(80)36(70)8-26)57(47)99-65(91)29-13-41(75)55(83)42(76)14-29)63(89)93-45-17-23-3-1-2-4-24(23)18-46(45)94-64(90)32-21-49(97-61(87)27-9-37(71)53(81)38(72)10-27)58(100-66(92)30-15-43(77)56(84)44(78)16-30)50(22-32)98-62(88)28-11-39(73)54(82)40(74)12-28/h1-22,67-84H. The minimum atomic E-state index is -1.66. The molecule has 0 aliphatic heterocycles. The van der Waals surface area contributed by atoms with Crippen molar-refractivity contribution in [3.63, 3.8) is 0 Å². The topological polar surface area (TPSA) is 575 Å². The van der Waals surface area contributed by atoms with Crippen molar-refractivity contribution in [3.05, 3.63) is 178 Å². The van der Waals surface area contributed by atoms with Gasteiger partial charge in [-0.05, 0) is 120 Å². The minimum absolute atomic E-state index is 0.186. The Hall–Kier alpha value is -15.4. The van der Waals surface area contributed by atoms with Crippen LogP contribution in [0, 0.1) is 0 Å². The van der Waals surface area contributed by atoms with Crippen LogP contribution in [0.1, 0.15) is 82.9 Å². The molecule has 0 aromatic heterocycles. The number of hydrogen-bond acceptors (Lipinski definition) is 34. The molecule has 0 unspecified atom stereocenters. The summed E-state index contributed by atoms with van der Waals surface area (Å²) < 4.78 is 44.4. The zero-order valence-electron chi connectivity index (χ0n) is 49.3. The first kappa shape index (κ1) is 67.5. The highest BCUT2D eigenvalue weighted by molar-refractivity contribution is 6.02. The highest BCUT2D eigenvalue weighted by atomic mass is 16.6. The highest BCUT2D eigenvalue weighted by Gasteiger charge is 2.33. The molecule has 10 rings (SSSR count). The lowest BCUT2D eigenvalue weighted by atomic mass is 10.1. The van der Waals surface area contributed by atoms with E-state index in [-0.39, 0.29) is 10.8 Å². The molecule has 0 bridgehead atoms. The first-order valence-corrected chi connectivity index (χ1v) is 27.4. The summed E-state index contributed by atoms with van der Waals surface area (Å²) in [5.74, 6) is -42.0. The van der Waals surface area contributed by atoms with Crippen LogP contribution in [-0.2, 0) is 0 Å². The molecule has 0 atom stereocenters. The van der Waals surface area contributed by atoms with Crippen molar-refractivity contribution in [1.29, 1.82) is 0 Å². The predicted molar refractivity (Wildman–Crippen MR) is 325 cm³/mol. The number of carbonyl (C=O) groups excluding carboxylic acids is 8. The number of carbonyl (C=O) groups is 8. The van der Waals surface area contributed by atoms with Crippen LogP contribution >= 0.6 is 0 Å². The third kappa shape index (κ3) is 13.8. The lowest BCUT2D eigenvalue weighted by Gasteiger charge is -2.18. The second-order valence-corrected chi connectivity index (χ2v) is 20.5. The van der Waals surface area contributed by atoms with Crippen molar-refractivity contribution < 1.29 is 168 Å². The molecular formula is C66H40O34. The van der Waals surface area contributed by atoms with E-state index in [4.69, 9.17) is 37.9 Å². The van der Waals surface area contributed by atoms with Gasteiger partial charge in [-0.3, -0.25) is 0 Å². The van der Waals surface area contributed by atoms with E-state index < -0.39 is 242 Å². The molecule has 0 spiro atoms. The van der Waals surface area contributed by atoms with Crippen molar-refractivity contribution in [2.75, 3.05) is 0 Å². The number of rotatable bonds is 16. The molecule has 0 amide bonds. The number of benzene rings is 10. The molecule has 10 aromatic rings. The Balaban J connectivity index is 1.11. The van der Waals surface area contributed by atoms with Crippen LogP contribution in [0.25, 0.3) is 10.8 Å². The first-order valence-electron chi connectivity index (χ1n) is 27.4. The van der Waals surface area contributed by atoms with E-state index in [9.17, 15) is 130 Å². The van der Waals surface area contributed by atoms with E-state index in [1.165, 1.54) is 24.3 Å². The number of fused-ring (bicyclic) bond motifs is 1. The van der Waals surface area contributed by atoms with E-state index >= 15 is 0 Å². The van der Waals surface area contributed by atoms with Gasteiger partial charge < -0.3 is 130 Å². The lowest BCUT2D eigenvalue weighted by molar-refractivity contribution is 0.0648. The van der Waals surface area contributed by atoms with Crippen LogP contribution in [0.15, 0.2) is 133 Å². The summed E-state index contributed by atoms with van der Waals surface area (Å²) in [7, 11) is 0. The fourth-order valence-corrected chi connectivity index (χ4v) is 8.84. The van der Waals surface area contributed by atoms with E-state index in [1.54, 1.807) is 0 Å². The zero-order valence-corrected chi connectivity index (χ0v) is 49.3. The number of ether oxygens (including phenoxy) is 8. The van der Waals surface area contributed by atoms with E-state index in [0.717, 1.165) is 12.1 Å². The summed E-state index contributed by atoms with van der Waals surface area (Å²) in [6, 6.07) is 16.8. The van der Waals surface area contributed by atoms with E-state index in [2.05, 4.69) is 0 Å². The Bertz CT molecular complexity index is 4540.